The highest BCUT2D eigenvalue weighted by Gasteiger charge is 2.26. The maximum Gasteiger partial charge on any atom is 0.341 e. The van der Waals surface area contributed by atoms with Gasteiger partial charge in [0.2, 0.25) is 15.9 Å². The summed E-state index contributed by atoms with van der Waals surface area (Å²) in [4.78, 5) is 25.6. The summed E-state index contributed by atoms with van der Waals surface area (Å²) in [7, 11) is -2.23. The fourth-order valence-electron chi connectivity index (χ4n) is 3.27. The maximum absolute atomic E-state index is 12.7. The van der Waals surface area contributed by atoms with Gasteiger partial charge < -0.3 is 14.8 Å². The highest BCUT2D eigenvalue weighted by Crippen LogP contribution is 2.33. The molecule has 1 amide bonds. The molecule has 0 unspecified atom stereocenters. The first-order valence-electron chi connectivity index (χ1n) is 9.89. The Balaban J connectivity index is 1.61. The molecule has 1 aliphatic heterocycles. The summed E-state index contributed by atoms with van der Waals surface area (Å²) < 4.78 is 36.8. The molecule has 0 aliphatic carbocycles. The van der Waals surface area contributed by atoms with Crippen LogP contribution in [0.5, 0.6) is 0 Å². The van der Waals surface area contributed by atoms with Crippen LogP contribution in [0.1, 0.15) is 32.8 Å². The largest absolute Gasteiger partial charge is 0.465 e. The number of hydrogen-bond donors (Lipinski definition) is 1. The fraction of sp³-hybridized carbons (Fsp3) is 0.429. The predicted octanol–water partition coefficient (Wildman–Crippen LogP) is 2.74. The van der Waals surface area contributed by atoms with Gasteiger partial charge >= 0.3 is 5.97 Å². The van der Waals surface area contributed by atoms with Crippen molar-refractivity contribution in [1.82, 2.24) is 4.31 Å². The molecular weight excluding hydrogens is 440 g/mol. The molecule has 10 heteroatoms. The minimum absolute atomic E-state index is 0.201. The molecule has 1 aliphatic rings. The molecule has 0 radical (unpaired) electrons. The zero-order chi connectivity index (χ0) is 22.6. The zero-order valence-corrected chi connectivity index (χ0v) is 19.4. The first-order chi connectivity index (χ1) is 14.7. The van der Waals surface area contributed by atoms with Gasteiger partial charge in [-0.2, -0.15) is 4.31 Å². The van der Waals surface area contributed by atoms with Crippen molar-refractivity contribution in [3.05, 3.63) is 45.8 Å². The monoisotopic (exact) mass is 466 g/mol. The molecule has 1 aromatic carbocycles. The van der Waals surface area contributed by atoms with Gasteiger partial charge in [0.05, 0.1) is 30.8 Å². The summed E-state index contributed by atoms with van der Waals surface area (Å²) in [5.74, 6) is -0.703. The van der Waals surface area contributed by atoms with Crippen molar-refractivity contribution >= 4 is 38.2 Å². The lowest BCUT2D eigenvalue weighted by Gasteiger charge is -2.26. The smallest absolute Gasteiger partial charge is 0.341 e. The minimum Gasteiger partial charge on any atom is -0.465 e. The third kappa shape index (κ3) is 5.32. The number of thiophene rings is 1. The third-order valence-corrected chi connectivity index (χ3v) is 8.24. The number of amides is 1. The number of esters is 1. The third-order valence-electron chi connectivity index (χ3n) is 5.20. The second-order valence-corrected chi connectivity index (χ2v) is 10.4. The van der Waals surface area contributed by atoms with Gasteiger partial charge in [0.1, 0.15) is 5.00 Å². The second kappa shape index (κ2) is 9.90. The Morgan fingerprint density at radius 2 is 1.81 bits per heavy atom. The van der Waals surface area contributed by atoms with Crippen LogP contribution in [0.3, 0.4) is 0 Å². The van der Waals surface area contributed by atoms with Crippen LogP contribution in [0.15, 0.2) is 29.2 Å². The van der Waals surface area contributed by atoms with Crippen molar-refractivity contribution in [2.75, 3.05) is 38.7 Å². The Bertz CT molecular complexity index is 1050. The van der Waals surface area contributed by atoms with Crippen LogP contribution >= 0.6 is 11.3 Å². The van der Waals surface area contributed by atoms with E-state index in [1.165, 1.54) is 22.8 Å². The molecule has 31 heavy (non-hydrogen) atoms. The van der Waals surface area contributed by atoms with E-state index in [0.29, 0.717) is 43.3 Å². The number of rotatable bonds is 7. The molecule has 0 atom stereocenters. The van der Waals surface area contributed by atoms with Gasteiger partial charge in [0.25, 0.3) is 0 Å². The number of ether oxygens (including phenoxy) is 2. The summed E-state index contributed by atoms with van der Waals surface area (Å²) >= 11 is 1.34. The molecule has 1 aromatic heterocycles. The molecule has 1 N–H and O–H groups in total. The first kappa shape index (κ1) is 23.4. The summed E-state index contributed by atoms with van der Waals surface area (Å²) in [5, 5.41) is 3.29. The highest BCUT2D eigenvalue weighted by atomic mass is 32.2. The van der Waals surface area contributed by atoms with E-state index in [1.54, 1.807) is 24.3 Å². The zero-order valence-electron chi connectivity index (χ0n) is 17.8. The van der Waals surface area contributed by atoms with Gasteiger partial charge in [0.15, 0.2) is 0 Å². The molecular formula is C21H26N2O6S2. The predicted molar refractivity (Wildman–Crippen MR) is 118 cm³/mol. The number of nitrogens with one attached hydrogen (secondary N) is 1. The molecule has 1 fully saturated rings. The van der Waals surface area contributed by atoms with Gasteiger partial charge in [-0.05, 0) is 43.5 Å². The van der Waals surface area contributed by atoms with Crippen LogP contribution in [-0.2, 0) is 30.7 Å². The summed E-state index contributed by atoms with van der Waals surface area (Å²) in [6.45, 7) is 5.19. The van der Waals surface area contributed by atoms with Crippen molar-refractivity contribution in [3.63, 3.8) is 0 Å². The Hall–Kier alpha value is -2.27. The van der Waals surface area contributed by atoms with E-state index < -0.39 is 16.0 Å². The van der Waals surface area contributed by atoms with Crippen LogP contribution < -0.4 is 5.32 Å². The van der Waals surface area contributed by atoms with Crippen LogP contribution in [0.2, 0.25) is 0 Å². The van der Waals surface area contributed by atoms with Gasteiger partial charge in [-0.25, -0.2) is 13.2 Å². The van der Waals surface area contributed by atoms with Gasteiger partial charge in [-0.15, -0.1) is 11.3 Å². The molecule has 168 valence electrons. The lowest BCUT2D eigenvalue weighted by molar-refractivity contribution is -0.116. The van der Waals surface area contributed by atoms with Crippen LogP contribution in [0.4, 0.5) is 5.00 Å². The van der Waals surface area contributed by atoms with Gasteiger partial charge in [-0.3, -0.25) is 4.79 Å². The van der Waals surface area contributed by atoms with Crippen molar-refractivity contribution in [2.24, 2.45) is 0 Å². The number of nitrogens with zero attached hydrogens (tertiary/aromatic N) is 1. The second-order valence-electron chi connectivity index (χ2n) is 7.19. The molecule has 2 aromatic rings. The van der Waals surface area contributed by atoms with Crippen molar-refractivity contribution in [2.45, 2.75) is 31.6 Å². The Labute approximate surface area is 186 Å². The molecule has 1 saturated heterocycles. The number of methoxy groups -OCH3 is 1. The molecule has 0 bridgehead atoms. The number of sulfonamides is 1. The minimum atomic E-state index is -3.54. The Morgan fingerprint density at radius 1 is 1.16 bits per heavy atom. The quantitative estimate of drug-likeness (QED) is 0.630. The number of carbonyl (C=O) groups excluding carboxylic acids is 2. The lowest BCUT2D eigenvalue weighted by atomic mass is 10.1. The van der Waals surface area contributed by atoms with Crippen molar-refractivity contribution < 1.29 is 27.5 Å². The van der Waals surface area contributed by atoms with E-state index in [4.69, 9.17) is 9.47 Å². The number of benzene rings is 1. The lowest BCUT2D eigenvalue weighted by Crippen LogP contribution is -2.40. The van der Waals surface area contributed by atoms with E-state index in [1.807, 2.05) is 13.8 Å². The van der Waals surface area contributed by atoms with E-state index >= 15 is 0 Å². The van der Waals surface area contributed by atoms with Crippen molar-refractivity contribution in [3.8, 4) is 0 Å². The van der Waals surface area contributed by atoms with Crippen LogP contribution in [0.25, 0.3) is 0 Å². The topological polar surface area (TPSA) is 102 Å². The summed E-state index contributed by atoms with van der Waals surface area (Å²) in [6.07, 6.45) is 0.646. The average molecular weight is 467 g/mol. The highest BCUT2D eigenvalue weighted by molar-refractivity contribution is 7.89. The molecule has 3 rings (SSSR count). The number of hydrogen-bond acceptors (Lipinski definition) is 7. The number of anilines is 1. The van der Waals surface area contributed by atoms with Crippen LogP contribution in [0, 0.1) is 13.8 Å². The SMILES string of the molecule is COC(=O)c1c(NC(=O)CCc2ccc(S(=O)(=O)N3CCOCC3)cc2)sc(C)c1C. The van der Waals surface area contributed by atoms with E-state index in [0.717, 1.165) is 16.0 Å². The number of morpholine rings is 1. The average Bonchev–Trinajstić information content (AvgIpc) is 3.05. The molecule has 2 heterocycles. The number of aryl methyl sites for hydroxylation is 2. The molecule has 0 saturated carbocycles. The Kier molecular flexibility index (Phi) is 7.47. The van der Waals surface area contributed by atoms with E-state index in [2.05, 4.69) is 5.32 Å². The van der Waals surface area contributed by atoms with E-state index in [9.17, 15) is 18.0 Å². The maximum atomic E-state index is 12.7. The van der Waals surface area contributed by atoms with Gasteiger partial charge in [0, 0.05) is 24.4 Å². The van der Waals surface area contributed by atoms with Crippen LogP contribution in [-0.4, -0.2) is 58.0 Å². The molecule has 0 spiro atoms. The molecule has 8 nitrogen and oxygen atoms in total. The normalized spacial score (nSPS) is 14.9. The Morgan fingerprint density at radius 3 is 2.42 bits per heavy atom. The first-order valence-corrected chi connectivity index (χ1v) is 12.1. The fourth-order valence-corrected chi connectivity index (χ4v) is 5.75. The number of carbonyl (C=O) groups is 2. The van der Waals surface area contributed by atoms with Crippen molar-refractivity contribution in [1.29, 1.82) is 0 Å². The summed E-state index contributed by atoms with van der Waals surface area (Å²) in [6, 6.07) is 6.58. The standard InChI is InChI=1S/C21H26N2O6S2/c1-14-15(2)30-20(19(14)21(25)28-3)22-18(24)9-6-16-4-7-17(8-5-16)31(26,27)23-10-12-29-13-11-23/h4-5,7-8H,6,9-13H2,1-3H3,(H,22,24). The van der Waals surface area contributed by atoms with E-state index in [-0.39, 0.29) is 17.2 Å². The summed E-state index contributed by atoms with van der Waals surface area (Å²) in [5.41, 5.74) is 2.03. The van der Waals surface area contributed by atoms with Gasteiger partial charge in [-0.1, -0.05) is 12.1 Å².